The van der Waals surface area contributed by atoms with E-state index in [0.717, 1.165) is 36.3 Å². The molecule has 0 fully saturated rings. The summed E-state index contributed by atoms with van der Waals surface area (Å²) >= 11 is 0. The molecule has 0 saturated heterocycles. The van der Waals surface area contributed by atoms with Gasteiger partial charge in [-0.3, -0.25) is 4.68 Å². The first-order valence-electron chi connectivity index (χ1n) is 6.99. The Morgan fingerprint density at radius 3 is 2.95 bits per heavy atom. The molecule has 0 saturated carbocycles. The maximum Gasteiger partial charge on any atom is 0.119 e. The minimum absolute atomic E-state index is 0.715. The molecule has 0 radical (unpaired) electrons. The summed E-state index contributed by atoms with van der Waals surface area (Å²) in [5, 5.41) is 15.1. The topological polar surface area (TPSA) is 47.3 Å². The lowest BCUT2D eigenvalue weighted by atomic mass is 9.90. The summed E-state index contributed by atoms with van der Waals surface area (Å²) in [6, 6.07) is 8.01. The number of benzene rings is 1. The molecular formula is C16H20N2O2. The van der Waals surface area contributed by atoms with Crippen LogP contribution >= 0.6 is 0 Å². The average molecular weight is 272 g/mol. The molecule has 4 heteroatoms. The Labute approximate surface area is 119 Å². The van der Waals surface area contributed by atoms with Crippen LogP contribution in [0.2, 0.25) is 0 Å². The summed E-state index contributed by atoms with van der Waals surface area (Å²) in [7, 11) is 3.59. The van der Waals surface area contributed by atoms with Crippen LogP contribution in [-0.4, -0.2) is 22.0 Å². The first-order chi connectivity index (χ1) is 9.62. The zero-order chi connectivity index (χ0) is 14.2. The van der Waals surface area contributed by atoms with Crippen molar-refractivity contribution in [3.63, 3.8) is 0 Å². The number of hydrogen-bond acceptors (Lipinski definition) is 3. The van der Waals surface area contributed by atoms with E-state index in [-0.39, 0.29) is 0 Å². The van der Waals surface area contributed by atoms with Gasteiger partial charge in [-0.05, 0) is 55.0 Å². The third-order valence-corrected chi connectivity index (χ3v) is 4.34. The van der Waals surface area contributed by atoms with Crippen LogP contribution < -0.4 is 4.74 Å². The Morgan fingerprint density at radius 2 is 2.25 bits per heavy atom. The van der Waals surface area contributed by atoms with Crippen molar-refractivity contribution in [1.29, 1.82) is 0 Å². The van der Waals surface area contributed by atoms with Gasteiger partial charge in [0.1, 0.15) is 5.75 Å². The highest BCUT2D eigenvalue weighted by atomic mass is 16.5. The molecule has 1 unspecified atom stereocenters. The minimum Gasteiger partial charge on any atom is -0.497 e. The van der Waals surface area contributed by atoms with E-state index in [0.29, 0.717) is 6.42 Å². The summed E-state index contributed by atoms with van der Waals surface area (Å²) in [6.45, 7) is 0. The van der Waals surface area contributed by atoms with E-state index >= 15 is 0 Å². The predicted molar refractivity (Wildman–Crippen MR) is 76.7 cm³/mol. The molecule has 2 aromatic rings. The Bertz CT molecular complexity index is 621. The number of fused-ring (bicyclic) bond motifs is 1. The normalized spacial score (nSPS) is 20.9. The SMILES string of the molecule is COc1ccc2c(c1)C(O)(CCc1ccnn1C)CC2. The molecule has 1 aromatic carbocycles. The van der Waals surface area contributed by atoms with E-state index in [1.807, 2.05) is 29.9 Å². The maximum atomic E-state index is 11.0. The second-order valence-corrected chi connectivity index (χ2v) is 5.50. The van der Waals surface area contributed by atoms with E-state index in [1.165, 1.54) is 5.56 Å². The number of nitrogens with zero attached hydrogens (tertiary/aromatic N) is 2. The number of hydrogen-bond donors (Lipinski definition) is 1. The molecule has 0 amide bonds. The highest BCUT2D eigenvalue weighted by Crippen LogP contribution is 2.41. The molecule has 3 rings (SSSR count). The van der Waals surface area contributed by atoms with E-state index in [1.54, 1.807) is 13.3 Å². The van der Waals surface area contributed by atoms with Gasteiger partial charge in [-0.1, -0.05) is 6.07 Å². The van der Waals surface area contributed by atoms with Gasteiger partial charge in [0.2, 0.25) is 0 Å². The van der Waals surface area contributed by atoms with E-state index in [4.69, 9.17) is 4.74 Å². The van der Waals surface area contributed by atoms with Gasteiger partial charge in [-0.2, -0.15) is 5.10 Å². The van der Waals surface area contributed by atoms with Gasteiger partial charge < -0.3 is 9.84 Å². The first-order valence-corrected chi connectivity index (χ1v) is 6.99. The molecule has 20 heavy (non-hydrogen) atoms. The van der Waals surface area contributed by atoms with Gasteiger partial charge in [0, 0.05) is 18.9 Å². The number of aromatic nitrogens is 2. The highest BCUT2D eigenvalue weighted by molar-refractivity contribution is 5.42. The van der Waals surface area contributed by atoms with Crippen LogP contribution in [0.25, 0.3) is 0 Å². The zero-order valence-electron chi connectivity index (χ0n) is 12.0. The van der Waals surface area contributed by atoms with Gasteiger partial charge in [0.25, 0.3) is 0 Å². The fourth-order valence-corrected chi connectivity index (χ4v) is 3.05. The molecule has 106 valence electrons. The Balaban J connectivity index is 1.82. The molecule has 0 aliphatic heterocycles. The summed E-state index contributed by atoms with van der Waals surface area (Å²) in [4.78, 5) is 0. The number of aliphatic hydroxyl groups is 1. The third kappa shape index (κ3) is 2.20. The second-order valence-electron chi connectivity index (χ2n) is 5.50. The third-order valence-electron chi connectivity index (χ3n) is 4.34. The standard InChI is InChI=1S/C16H20N2O2/c1-18-13(7-10-17-18)6-9-16(19)8-5-12-3-4-14(20-2)11-15(12)16/h3-4,7,10-11,19H,5-6,8-9H2,1-2H3. The van der Waals surface area contributed by atoms with Crippen molar-refractivity contribution < 1.29 is 9.84 Å². The molecule has 0 spiro atoms. The largest absolute Gasteiger partial charge is 0.497 e. The van der Waals surface area contributed by atoms with Crippen molar-refractivity contribution in [2.45, 2.75) is 31.3 Å². The molecule has 1 aromatic heterocycles. The average Bonchev–Trinajstić information content (AvgIpc) is 3.01. The van der Waals surface area contributed by atoms with Crippen LogP contribution in [-0.2, 0) is 25.5 Å². The van der Waals surface area contributed by atoms with Crippen molar-refractivity contribution in [3.8, 4) is 5.75 Å². The number of ether oxygens (including phenoxy) is 1. The lowest BCUT2D eigenvalue weighted by molar-refractivity contribution is 0.0291. The van der Waals surface area contributed by atoms with Crippen LogP contribution in [0, 0.1) is 0 Å². The predicted octanol–water partition coefficient (Wildman–Crippen LogP) is 2.20. The minimum atomic E-state index is -0.742. The molecule has 1 aliphatic carbocycles. The summed E-state index contributed by atoms with van der Waals surface area (Å²) in [5.41, 5.74) is 2.67. The molecule has 1 N–H and O–H groups in total. The molecule has 1 heterocycles. The Hall–Kier alpha value is -1.81. The van der Waals surface area contributed by atoms with Crippen LogP contribution in [0.1, 0.15) is 29.7 Å². The van der Waals surface area contributed by atoms with E-state index in [9.17, 15) is 5.11 Å². The van der Waals surface area contributed by atoms with Gasteiger partial charge >= 0.3 is 0 Å². The van der Waals surface area contributed by atoms with Crippen molar-refractivity contribution in [3.05, 3.63) is 47.3 Å². The van der Waals surface area contributed by atoms with E-state index < -0.39 is 5.60 Å². The summed E-state index contributed by atoms with van der Waals surface area (Å²) < 4.78 is 7.14. The number of methoxy groups -OCH3 is 1. The van der Waals surface area contributed by atoms with Crippen LogP contribution in [0.5, 0.6) is 5.75 Å². The monoisotopic (exact) mass is 272 g/mol. The first kappa shape index (κ1) is 13.2. The van der Waals surface area contributed by atoms with Crippen molar-refractivity contribution in [1.82, 2.24) is 9.78 Å². The van der Waals surface area contributed by atoms with Crippen LogP contribution in [0.3, 0.4) is 0 Å². The molecule has 1 atom stereocenters. The molecule has 0 bridgehead atoms. The fourth-order valence-electron chi connectivity index (χ4n) is 3.05. The second kappa shape index (κ2) is 4.94. The highest BCUT2D eigenvalue weighted by Gasteiger charge is 2.36. The van der Waals surface area contributed by atoms with Crippen molar-refractivity contribution >= 4 is 0 Å². The Kier molecular flexibility index (Phi) is 3.26. The fraction of sp³-hybridized carbons (Fsp3) is 0.438. The van der Waals surface area contributed by atoms with Gasteiger partial charge in [0.15, 0.2) is 0 Å². The van der Waals surface area contributed by atoms with Gasteiger partial charge in [-0.25, -0.2) is 0 Å². The number of aryl methyl sites for hydroxylation is 3. The summed E-state index contributed by atoms with van der Waals surface area (Å²) in [6.07, 6.45) is 5.05. The number of rotatable bonds is 4. The molecule has 1 aliphatic rings. The van der Waals surface area contributed by atoms with Crippen molar-refractivity contribution in [2.24, 2.45) is 7.05 Å². The lowest BCUT2D eigenvalue weighted by Gasteiger charge is -2.24. The van der Waals surface area contributed by atoms with Crippen LogP contribution in [0.4, 0.5) is 0 Å². The van der Waals surface area contributed by atoms with E-state index in [2.05, 4.69) is 11.2 Å². The van der Waals surface area contributed by atoms with Gasteiger partial charge in [-0.15, -0.1) is 0 Å². The van der Waals surface area contributed by atoms with Gasteiger partial charge in [0.05, 0.1) is 12.7 Å². The Morgan fingerprint density at radius 1 is 1.40 bits per heavy atom. The molecular weight excluding hydrogens is 252 g/mol. The smallest absolute Gasteiger partial charge is 0.119 e. The maximum absolute atomic E-state index is 11.0. The molecule has 4 nitrogen and oxygen atoms in total. The quantitative estimate of drug-likeness (QED) is 0.928. The van der Waals surface area contributed by atoms with Crippen molar-refractivity contribution in [2.75, 3.05) is 7.11 Å². The summed E-state index contributed by atoms with van der Waals surface area (Å²) in [5.74, 6) is 0.810. The zero-order valence-corrected chi connectivity index (χ0v) is 12.0. The van der Waals surface area contributed by atoms with Crippen LogP contribution in [0.15, 0.2) is 30.5 Å². The lowest BCUT2D eigenvalue weighted by Crippen LogP contribution is -2.23.